The Morgan fingerprint density at radius 2 is 1.82 bits per heavy atom. The molecule has 0 N–H and O–H groups in total. The molecular weight excluding hydrogens is 148 g/mol. The molecule has 1 rings (SSSR count). The summed E-state index contributed by atoms with van der Waals surface area (Å²) >= 11 is 0. The van der Waals surface area contributed by atoms with Gasteiger partial charge in [0.15, 0.2) is 0 Å². The highest BCUT2D eigenvalue weighted by Gasteiger charge is 2.21. The lowest BCUT2D eigenvalue weighted by Gasteiger charge is -2.18. The van der Waals surface area contributed by atoms with Gasteiger partial charge >= 0.3 is 0 Å². The number of hydrogen-bond acceptors (Lipinski definition) is 0. The van der Waals surface area contributed by atoms with Crippen LogP contribution in [0.25, 0.3) is 0 Å². The molecule has 0 aromatic heterocycles. The minimum Gasteiger partial charge on any atom is -0.0930 e. The summed E-state index contributed by atoms with van der Waals surface area (Å²) in [4.78, 5) is 0. The third-order valence-electron chi connectivity index (χ3n) is 2.38. The first kappa shape index (κ1) is 8.79. The van der Waals surface area contributed by atoms with Crippen molar-refractivity contribution in [2.45, 2.75) is 33.2 Å². The molecule has 0 fully saturated rings. The van der Waals surface area contributed by atoms with E-state index in [0.717, 1.165) is 11.5 Å². The SMILES string of the molecule is CC(C)C1=CC=C[SiH]1C(C)C. The van der Waals surface area contributed by atoms with Gasteiger partial charge in [0.2, 0.25) is 0 Å². The highest BCUT2D eigenvalue weighted by Crippen LogP contribution is 2.26. The van der Waals surface area contributed by atoms with Crippen LogP contribution in [0.4, 0.5) is 0 Å². The monoisotopic (exact) mass is 166 g/mol. The largest absolute Gasteiger partial charge is 0.0930 e. The molecule has 0 aromatic carbocycles. The fourth-order valence-electron chi connectivity index (χ4n) is 1.69. The molecule has 0 saturated carbocycles. The van der Waals surface area contributed by atoms with E-state index in [2.05, 4.69) is 45.5 Å². The van der Waals surface area contributed by atoms with E-state index in [9.17, 15) is 0 Å². The molecule has 0 aliphatic carbocycles. The van der Waals surface area contributed by atoms with Crippen LogP contribution in [0.15, 0.2) is 23.0 Å². The summed E-state index contributed by atoms with van der Waals surface area (Å²) in [6.45, 7) is 9.31. The lowest BCUT2D eigenvalue weighted by atomic mass is 10.2. The molecule has 1 atom stereocenters. The Balaban J connectivity index is 2.69. The van der Waals surface area contributed by atoms with E-state index in [1.54, 1.807) is 5.20 Å². The second-order valence-corrected chi connectivity index (χ2v) is 7.41. The van der Waals surface area contributed by atoms with Gasteiger partial charge in [0.05, 0.1) is 8.80 Å². The molecule has 62 valence electrons. The topological polar surface area (TPSA) is 0 Å². The van der Waals surface area contributed by atoms with Gasteiger partial charge in [-0.1, -0.05) is 50.7 Å². The van der Waals surface area contributed by atoms with Gasteiger partial charge < -0.3 is 0 Å². The van der Waals surface area contributed by atoms with Crippen LogP contribution in [0.2, 0.25) is 5.54 Å². The van der Waals surface area contributed by atoms with Crippen molar-refractivity contribution in [3.8, 4) is 0 Å². The van der Waals surface area contributed by atoms with Crippen molar-refractivity contribution in [2.75, 3.05) is 0 Å². The molecule has 0 radical (unpaired) electrons. The van der Waals surface area contributed by atoms with Gasteiger partial charge in [0.25, 0.3) is 0 Å². The first-order valence-electron chi connectivity index (χ1n) is 4.51. The fourth-order valence-corrected chi connectivity index (χ4v) is 4.58. The Morgan fingerprint density at radius 1 is 1.18 bits per heavy atom. The zero-order chi connectivity index (χ0) is 8.43. The van der Waals surface area contributed by atoms with Gasteiger partial charge in [0.1, 0.15) is 0 Å². The summed E-state index contributed by atoms with van der Waals surface area (Å²) in [5.74, 6) is 0.768. The molecule has 1 aliphatic heterocycles. The lowest BCUT2D eigenvalue weighted by Crippen LogP contribution is -2.19. The molecule has 1 heteroatoms. The molecule has 11 heavy (non-hydrogen) atoms. The Kier molecular flexibility index (Phi) is 2.71. The highest BCUT2D eigenvalue weighted by molar-refractivity contribution is 6.74. The number of rotatable bonds is 2. The third-order valence-corrected chi connectivity index (χ3v) is 6.08. The van der Waals surface area contributed by atoms with Gasteiger partial charge in [-0.05, 0) is 11.5 Å². The van der Waals surface area contributed by atoms with Gasteiger partial charge in [-0.2, -0.15) is 0 Å². The quantitative estimate of drug-likeness (QED) is 0.553. The van der Waals surface area contributed by atoms with E-state index in [-0.39, 0.29) is 0 Å². The third kappa shape index (κ3) is 1.83. The first-order valence-corrected chi connectivity index (χ1v) is 6.42. The average Bonchev–Trinajstić information content (AvgIpc) is 2.32. The van der Waals surface area contributed by atoms with Crippen molar-refractivity contribution in [2.24, 2.45) is 5.92 Å². The second-order valence-electron chi connectivity index (χ2n) is 3.98. The molecule has 1 heterocycles. The van der Waals surface area contributed by atoms with Crippen LogP contribution in [0.1, 0.15) is 27.7 Å². The Labute approximate surface area is 71.6 Å². The van der Waals surface area contributed by atoms with E-state index in [4.69, 9.17) is 0 Å². The van der Waals surface area contributed by atoms with Crippen LogP contribution in [0, 0.1) is 5.92 Å². The molecule has 0 spiro atoms. The molecule has 1 aliphatic rings. The normalized spacial score (nSPS) is 23.5. The Bertz CT molecular complexity index is 187. The predicted molar refractivity (Wildman–Crippen MR) is 54.3 cm³/mol. The predicted octanol–water partition coefficient (Wildman–Crippen LogP) is 2.85. The standard InChI is InChI=1S/C10H18Si/c1-8(2)10-6-5-7-11(10)9(3)4/h5-9,11H,1-4H3. The van der Waals surface area contributed by atoms with Crippen molar-refractivity contribution in [3.05, 3.63) is 23.0 Å². The number of hydrogen-bond donors (Lipinski definition) is 0. The average molecular weight is 166 g/mol. The summed E-state index contributed by atoms with van der Waals surface area (Å²) < 4.78 is 0. The van der Waals surface area contributed by atoms with E-state index >= 15 is 0 Å². The van der Waals surface area contributed by atoms with Crippen LogP contribution >= 0.6 is 0 Å². The van der Waals surface area contributed by atoms with Gasteiger partial charge in [-0.25, -0.2) is 0 Å². The van der Waals surface area contributed by atoms with E-state index < -0.39 is 8.80 Å². The van der Waals surface area contributed by atoms with Crippen molar-refractivity contribution in [1.29, 1.82) is 0 Å². The molecule has 0 amide bonds. The van der Waals surface area contributed by atoms with Crippen LogP contribution in [0.3, 0.4) is 0 Å². The van der Waals surface area contributed by atoms with Crippen LogP contribution < -0.4 is 0 Å². The van der Waals surface area contributed by atoms with Crippen LogP contribution in [-0.2, 0) is 0 Å². The van der Waals surface area contributed by atoms with Crippen molar-refractivity contribution >= 4 is 8.80 Å². The Hall–Kier alpha value is -0.303. The smallest absolute Gasteiger partial charge is 0.0917 e. The van der Waals surface area contributed by atoms with E-state index in [1.807, 2.05) is 0 Å². The molecule has 0 nitrogen and oxygen atoms in total. The van der Waals surface area contributed by atoms with Crippen molar-refractivity contribution in [3.63, 3.8) is 0 Å². The van der Waals surface area contributed by atoms with Gasteiger partial charge in [-0.3, -0.25) is 0 Å². The maximum absolute atomic E-state index is 2.46. The maximum Gasteiger partial charge on any atom is 0.0917 e. The van der Waals surface area contributed by atoms with Crippen molar-refractivity contribution in [1.82, 2.24) is 0 Å². The summed E-state index contributed by atoms with van der Waals surface area (Å²) in [7, 11) is -0.647. The number of allylic oxidation sites excluding steroid dienone is 3. The molecule has 0 bridgehead atoms. The first-order chi connectivity index (χ1) is 5.13. The zero-order valence-corrected chi connectivity index (χ0v) is 9.12. The summed E-state index contributed by atoms with van der Waals surface area (Å²) in [6, 6.07) is 0. The summed E-state index contributed by atoms with van der Waals surface area (Å²) in [5, 5.41) is 1.74. The molecular formula is C10H18Si. The highest BCUT2D eigenvalue weighted by atomic mass is 28.3. The van der Waals surface area contributed by atoms with Gasteiger partial charge in [0, 0.05) is 0 Å². The van der Waals surface area contributed by atoms with E-state index in [0.29, 0.717) is 0 Å². The fraction of sp³-hybridized carbons (Fsp3) is 0.600. The molecule has 1 unspecified atom stereocenters. The molecule has 0 saturated heterocycles. The molecule has 0 aromatic rings. The minimum atomic E-state index is -0.647. The zero-order valence-electron chi connectivity index (χ0n) is 7.96. The summed E-state index contributed by atoms with van der Waals surface area (Å²) in [5.41, 5.74) is 3.35. The minimum absolute atomic E-state index is 0.647. The lowest BCUT2D eigenvalue weighted by molar-refractivity contribution is 0.803. The van der Waals surface area contributed by atoms with Crippen molar-refractivity contribution < 1.29 is 0 Å². The summed E-state index contributed by atoms with van der Waals surface area (Å²) in [6.07, 6.45) is 4.59. The van der Waals surface area contributed by atoms with Gasteiger partial charge in [-0.15, -0.1) is 0 Å². The Morgan fingerprint density at radius 3 is 2.18 bits per heavy atom. The van der Waals surface area contributed by atoms with Crippen LogP contribution in [-0.4, -0.2) is 8.80 Å². The second kappa shape index (κ2) is 3.40. The van der Waals surface area contributed by atoms with E-state index in [1.165, 1.54) is 0 Å². The van der Waals surface area contributed by atoms with Crippen LogP contribution in [0.5, 0.6) is 0 Å². The maximum atomic E-state index is 2.46.